The van der Waals surface area contributed by atoms with Crippen LogP contribution in [0.5, 0.6) is 0 Å². The Labute approximate surface area is 450 Å². The molecule has 3 aliphatic heterocycles. The lowest BCUT2D eigenvalue weighted by Gasteiger charge is -2.36. The first-order valence-electron chi connectivity index (χ1n) is 22.5. The molecule has 3 saturated heterocycles. The van der Waals surface area contributed by atoms with Crippen molar-refractivity contribution in [3.8, 4) is 22.5 Å². The first kappa shape index (κ1) is 61.3. The quantitative estimate of drug-likeness (QED) is 0.125. The predicted molar refractivity (Wildman–Crippen MR) is 309 cm³/mol. The molecule has 19 heteroatoms. The van der Waals surface area contributed by atoms with Crippen molar-refractivity contribution in [1.29, 1.82) is 0 Å². The van der Waals surface area contributed by atoms with Gasteiger partial charge in [0, 0.05) is 41.7 Å². The third-order valence-corrected chi connectivity index (χ3v) is 14.6. The second-order valence-corrected chi connectivity index (χ2v) is 19.2. The maximum atomic E-state index is 14.3. The number of rotatable bonds is 9. The monoisotopic (exact) mass is 1070 g/mol. The molecule has 4 fully saturated rings. The summed E-state index contributed by atoms with van der Waals surface area (Å²) in [6.45, 7) is 12.4. The molecule has 68 heavy (non-hydrogen) atoms. The number of ether oxygens (including phenoxy) is 2. The van der Waals surface area contributed by atoms with Gasteiger partial charge in [-0.1, -0.05) is 71.7 Å². The van der Waals surface area contributed by atoms with E-state index in [4.69, 9.17) is 19.4 Å². The zero-order valence-corrected chi connectivity index (χ0v) is 47.0. The Hall–Kier alpha value is -2.78. The van der Waals surface area contributed by atoms with Crippen LogP contribution in [0.1, 0.15) is 110 Å². The highest BCUT2D eigenvalue weighted by Gasteiger charge is 2.50. The number of nitrogens with one attached hydrogen (secondary N) is 3. The van der Waals surface area contributed by atoms with Crippen LogP contribution in [0.15, 0.2) is 60.9 Å². The molecule has 4 aliphatic rings. The summed E-state index contributed by atoms with van der Waals surface area (Å²) in [7, 11) is 1.33. The smallest absolute Gasteiger partial charge is 0.407 e. The van der Waals surface area contributed by atoms with Crippen LogP contribution in [0, 0.1) is 29.1 Å². The minimum absolute atomic E-state index is 0. The summed E-state index contributed by atoms with van der Waals surface area (Å²) in [4.78, 5) is 61.6. The van der Waals surface area contributed by atoms with Crippen molar-refractivity contribution in [2.24, 2.45) is 29.1 Å². The Morgan fingerprint density at radius 2 is 1.31 bits per heavy atom. The molecule has 378 valence electrons. The Morgan fingerprint density at radius 3 is 1.84 bits per heavy atom. The van der Waals surface area contributed by atoms with E-state index in [2.05, 4.69) is 82.6 Å². The number of likely N-dealkylation sites (tertiary alicyclic amines) is 2. The van der Waals surface area contributed by atoms with E-state index in [1.165, 1.54) is 13.5 Å². The summed E-state index contributed by atoms with van der Waals surface area (Å²) in [5, 5.41) is 7.33. The SMILES string of the molecule is COC(=O)N[C@H](C(=O)N1[C@H](c2ncc(-c3ccc4cc5cc(-c6cnc([C@@H]7C[C@@]8(CCCOC8)CN7C(=O)[C@@H](C)C(C)C)[nH]6)ccc5cc4c3)[nH]2)C[C@@H]2CCCC[C@@H]21)C(C)C.S.S.S.S.S.S.S. The van der Waals surface area contributed by atoms with E-state index >= 15 is 0 Å². The van der Waals surface area contributed by atoms with Gasteiger partial charge in [-0.05, 0) is 102 Å². The zero-order chi connectivity index (χ0) is 42.6. The molecule has 0 bridgehead atoms. The van der Waals surface area contributed by atoms with Crippen LogP contribution in [0.25, 0.3) is 44.1 Å². The summed E-state index contributed by atoms with van der Waals surface area (Å²) in [6, 6.07) is 16.6. The van der Waals surface area contributed by atoms with Crippen molar-refractivity contribution in [3.05, 3.63) is 72.6 Å². The predicted octanol–water partition coefficient (Wildman–Crippen LogP) is 10.1. The van der Waals surface area contributed by atoms with Crippen LogP contribution in [-0.2, 0) is 19.1 Å². The van der Waals surface area contributed by atoms with E-state index in [0.29, 0.717) is 19.1 Å². The first-order valence-corrected chi connectivity index (χ1v) is 22.5. The average Bonchev–Trinajstić information content (AvgIpc) is 4.09. The summed E-state index contributed by atoms with van der Waals surface area (Å²) in [5.74, 6) is 2.26. The maximum absolute atomic E-state index is 14.3. The van der Waals surface area contributed by atoms with Crippen molar-refractivity contribution in [2.45, 2.75) is 110 Å². The summed E-state index contributed by atoms with van der Waals surface area (Å²) in [5.41, 5.74) is 3.89. The number of alkyl carbamates (subject to hydrolysis) is 1. The minimum atomic E-state index is -0.684. The molecule has 9 rings (SSSR count). The number of H-pyrrole nitrogens is 2. The van der Waals surface area contributed by atoms with Crippen LogP contribution in [0.4, 0.5) is 4.79 Å². The van der Waals surface area contributed by atoms with Gasteiger partial charge in [0.2, 0.25) is 11.8 Å². The summed E-state index contributed by atoms with van der Waals surface area (Å²) in [6.07, 6.45) is 11.3. The number of methoxy groups -OCH3 is 1. The minimum Gasteiger partial charge on any atom is -0.453 e. The van der Waals surface area contributed by atoms with Crippen LogP contribution >= 0.6 is 94.5 Å². The van der Waals surface area contributed by atoms with Gasteiger partial charge < -0.3 is 34.6 Å². The fourth-order valence-electron chi connectivity index (χ4n) is 10.8. The molecule has 1 aliphatic carbocycles. The molecule has 5 heterocycles. The molecule has 3 aromatic carbocycles. The van der Waals surface area contributed by atoms with Crippen LogP contribution in [0.3, 0.4) is 0 Å². The molecule has 1 saturated carbocycles. The molecule has 3 amide bonds. The third kappa shape index (κ3) is 12.1. The Balaban J connectivity index is 0.00000227. The second kappa shape index (κ2) is 25.6. The fourth-order valence-corrected chi connectivity index (χ4v) is 10.8. The van der Waals surface area contributed by atoms with Gasteiger partial charge in [-0.3, -0.25) is 9.59 Å². The van der Waals surface area contributed by atoms with E-state index in [-0.39, 0.29) is 148 Å². The van der Waals surface area contributed by atoms with Gasteiger partial charge in [0.1, 0.15) is 17.7 Å². The van der Waals surface area contributed by atoms with Crippen LogP contribution in [0.2, 0.25) is 0 Å². The molecular weight excluding hydrogens is 991 g/mol. The van der Waals surface area contributed by atoms with Crippen molar-refractivity contribution in [3.63, 3.8) is 0 Å². The molecule has 0 unspecified atom stereocenters. The van der Waals surface area contributed by atoms with Gasteiger partial charge >= 0.3 is 6.09 Å². The first-order chi connectivity index (χ1) is 29.4. The lowest BCUT2D eigenvalue weighted by Crippen LogP contribution is -2.53. The molecule has 0 radical (unpaired) electrons. The highest BCUT2D eigenvalue weighted by atomic mass is 32.1. The number of benzene rings is 3. The number of nitrogens with zero attached hydrogens (tertiary/aromatic N) is 4. The van der Waals surface area contributed by atoms with Crippen molar-refractivity contribution in [2.75, 3.05) is 26.9 Å². The van der Waals surface area contributed by atoms with Crippen molar-refractivity contribution in [1.82, 2.24) is 35.1 Å². The van der Waals surface area contributed by atoms with Crippen LogP contribution < -0.4 is 5.32 Å². The van der Waals surface area contributed by atoms with E-state index in [1.54, 1.807) is 0 Å². The van der Waals surface area contributed by atoms with E-state index < -0.39 is 12.1 Å². The molecule has 5 aromatic rings. The number of carbonyl (C=O) groups is 3. The normalized spacial score (nSPS) is 22.5. The third-order valence-electron chi connectivity index (χ3n) is 14.6. The topological polar surface area (TPSA) is 146 Å². The van der Waals surface area contributed by atoms with Crippen LogP contribution in [-0.4, -0.2) is 86.6 Å². The molecule has 7 atom stereocenters. The van der Waals surface area contributed by atoms with Gasteiger partial charge in [-0.25, -0.2) is 14.8 Å². The number of carbonyl (C=O) groups excluding carboxylic acids is 3. The lowest BCUT2D eigenvalue weighted by molar-refractivity contribution is -0.139. The second-order valence-electron chi connectivity index (χ2n) is 19.2. The average molecular weight is 1070 g/mol. The summed E-state index contributed by atoms with van der Waals surface area (Å²) < 4.78 is 10.9. The van der Waals surface area contributed by atoms with Gasteiger partial charge in [-0.15, -0.1) is 0 Å². The summed E-state index contributed by atoms with van der Waals surface area (Å²) >= 11 is 0. The number of imidazole rings is 2. The van der Waals surface area contributed by atoms with Gasteiger partial charge in [0.05, 0.1) is 49.6 Å². The highest BCUT2D eigenvalue weighted by Crippen LogP contribution is 2.49. The van der Waals surface area contributed by atoms with E-state index in [0.717, 1.165) is 107 Å². The Kier molecular flexibility index (Phi) is 23.1. The number of aromatic nitrogens is 4. The number of hydrogen-bond donors (Lipinski definition) is 3. The van der Waals surface area contributed by atoms with E-state index in [9.17, 15) is 14.4 Å². The zero-order valence-electron chi connectivity index (χ0n) is 40.0. The number of fused-ring (bicyclic) bond motifs is 3. The molecule has 12 nitrogen and oxygen atoms in total. The van der Waals surface area contributed by atoms with Gasteiger partial charge in [-0.2, -0.15) is 94.5 Å². The van der Waals surface area contributed by atoms with E-state index in [1.807, 2.05) is 38.1 Å². The molecule has 3 N–H and O–H groups in total. The number of aromatic amines is 2. The van der Waals surface area contributed by atoms with Crippen molar-refractivity contribution < 1.29 is 23.9 Å². The maximum Gasteiger partial charge on any atom is 0.407 e. The number of hydrogen-bond acceptors (Lipinski definition) is 7. The largest absolute Gasteiger partial charge is 0.453 e. The van der Waals surface area contributed by atoms with Gasteiger partial charge in [0.15, 0.2) is 0 Å². The Bertz CT molecular complexity index is 2460. The highest BCUT2D eigenvalue weighted by molar-refractivity contribution is 7.60. The lowest BCUT2D eigenvalue weighted by atomic mass is 9.80. The van der Waals surface area contributed by atoms with Crippen molar-refractivity contribution >= 4 is 134 Å². The molecule has 1 spiro atoms. The Morgan fingerprint density at radius 1 is 0.735 bits per heavy atom. The fraction of sp³-hybridized carbons (Fsp3) is 0.531. The number of amides is 3. The molecular formula is C49H75N7O5S7. The molecule has 2 aromatic heterocycles. The van der Waals surface area contributed by atoms with Gasteiger partial charge in [0.25, 0.3) is 0 Å². The standard InChI is InChI=1S/C49H61N7O5.7H2S/c1-28(2)30(5)46(57)55-26-49(16-9-17-61-27-49)23-42(55)45-51-25-39(53-45)34-15-13-32-18-36-20-33(14-12-31(36)19-37(32)21-34)38-24-50-44(52-38)41-22-35-10-7-8-11-40(35)56(41)47(58)43(29(3)4)54-48(59)60-6;;;;;;;/h12-15,18-21,24-25,28-30,35,40-43H,7-11,16-17,22-23,26-27H2,1-6H3,(H,50,52)(H,51,53)(H,54,59);7*1H2/t30-,35-,40-,41-,42-,43-,49-;;;;;;;/m0......./s1.